The highest BCUT2D eigenvalue weighted by Gasteiger charge is 2.16. The van der Waals surface area contributed by atoms with E-state index in [0.29, 0.717) is 14.8 Å². The highest BCUT2D eigenvalue weighted by atomic mass is 35.5. The number of hydrazone groups is 1. The van der Waals surface area contributed by atoms with E-state index in [1.165, 1.54) is 23.6 Å². The van der Waals surface area contributed by atoms with E-state index in [4.69, 9.17) is 11.6 Å². The van der Waals surface area contributed by atoms with E-state index in [0.717, 1.165) is 21.4 Å². The molecule has 1 aromatic carbocycles. The first-order valence-corrected chi connectivity index (χ1v) is 8.32. The molecular formula is C14H8ClN3O3S2. The maximum Gasteiger partial charge on any atom is 0.324 e. The van der Waals surface area contributed by atoms with Gasteiger partial charge in [-0.15, -0.1) is 11.3 Å². The minimum atomic E-state index is -0.475. The van der Waals surface area contributed by atoms with Crippen molar-refractivity contribution in [2.24, 2.45) is 5.10 Å². The molecular weight excluding hydrogens is 358 g/mol. The smallest absolute Gasteiger partial charge is 0.266 e. The van der Waals surface area contributed by atoms with Crippen LogP contribution in [0.3, 0.4) is 0 Å². The van der Waals surface area contributed by atoms with Crippen LogP contribution in [0, 0.1) is 10.1 Å². The summed E-state index contributed by atoms with van der Waals surface area (Å²) in [6, 6.07) is 10.4. The van der Waals surface area contributed by atoms with Crippen LogP contribution < -0.4 is 5.43 Å². The van der Waals surface area contributed by atoms with Gasteiger partial charge in [-0.2, -0.15) is 5.10 Å². The normalized spacial score (nSPS) is 11.2. The number of fused-ring (bicyclic) bond motifs is 1. The molecule has 0 fully saturated rings. The van der Waals surface area contributed by atoms with Crippen LogP contribution in [0.4, 0.5) is 5.00 Å². The molecule has 3 aromatic rings. The Hall–Kier alpha value is -2.29. The number of amides is 1. The molecule has 0 saturated carbocycles. The van der Waals surface area contributed by atoms with Crippen LogP contribution in [0.1, 0.15) is 14.5 Å². The molecule has 0 atom stereocenters. The first-order valence-electron chi connectivity index (χ1n) is 6.31. The van der Waals surface area contributed by atoms with E-state index in [9.17, 15) is 14.9 Å². The van der Waals surface area contributed by atoms with Gasteiger partial charge in [-0.05, 0) is 12.1 Å². The fourth-order valence-corrected chi connectivity index (χ4v) is 3.98. The van der Waals surface area contributed by atoms with Gasteiger partial charge < -0.3 is 0 Å². The molecule has 0 bridgehead atoms. The van der Waals surface area contributed by atoms with Crippen LogP contribution in [0.2, 0.25) is 5.02 Å². The van der Waals surface area contributed by atoms with Crippen molar-refractivity contribution >= 4 is 61.5 Å². The van der Waals surface area contributed by atoms with Gasteiger partial charge >= 0.3 is 5.00 Å². The lowest BCUT2D eigenvalue weighted by molar-refractivity contribution is -0.380. The van der Waals surface area contributed by atoms with Gasteiger partial charge in [-0.3, -0.25) is 14.9 Å². The number of nitro groups is 1. The predicted molar refractivity (Wildman–Crippen MR) is 92.9 cm³/mol. The summed E-state index contributed by atoms with van der Waals surface area (Å²) in [5.41, 5.74) is 2.38. The van der Waals surface area contributed by atoms with Crippen LogP contribution in [0.5, 0.6) is 0 Å². The lowest BCUT2D eigenvalue weighted by atomic mass is 10.2. The molecule has 0 aliphatic rings. The minimum Gasteiger partial charge on any atom is -0.266 e. The Balaban J connectivity index is 1.74. The second kappa shape index (κ2) is 6.45. The van der Waals surface area contributed by atoms with Crippen LogP contribution in [0.15, 0.2) is 41.5 Å². The Labute approximate surface area is 143 Å². The molecule has 1 amide bonds. The van der Waals surface area contributed by atoms with Crippen molar-refractivity contribution in [1.29, 1.82) is 0 Å². The third-order valence-electron chi connectivity index (χ3n) is 2.89. The zero-order chi connectivity index (χ0) is 16.4. The Bertz CT molecular complexity index is 932. The average Bonchev–Trinajstić information content (AvgIpc) is 3.13. The van der Waals surface area contributed by atoms with Crippen molar-refractivity contribution in [3.8, 4) is 0 Å². The number of thiophene rings is 2. The second-order valence-corrected chi connectivity index (χ2v) is 6.90. The number of nitrogens with one attached hydrogen (secondary N) is 1. The van der Waals surface area contributed by atoms with Crippen molar-refractivity contribution in [1.82, 2.24) is 5.43 Å². The monoisotopic (exact) mass is 365 g/mol. The zero-order valence-corrected chi connectivity index (χ0v) is 13.7. The number of carbonyl (C=O) groups is 1. The van der Waals surface area contributed by atoms with Gasteiger partial charge in [0.25, 0.3) is 5.91 Å². The molecule has 116 valence electrons. The summed E-state index contributed by atoms with van der Waals surface area (Å²) in [6.07, 6.45) is 1.36. The van der Waals surface area contributed by atoms with E-state index in [2.05, 4.69) is 10.5 Å². The quantitative estimate of drug-likeness (QED) is 0.425. The van der Waals surface area contributed by atoms with E-state index in [1.54, 1.807) is 6.07 Å². The van der Waals surface area contributed by atoms with E-state index < -0.39 is 10.8 Å². The summed E-state index contributed by atoms with van der Waals surface area (Å²) in [6.45, 7) is 0. The number of hydrogen-bond donors (Lipinski definition) is 1. The van der Waals surface area contributed by atoms with Crippen molar-refractivity contribution in [3.63, 3.8) is 0 Å². The van der Waals surface area contributed by atoms with Gasteiger partial charge in [0.15, 0.2) is 0 Å². The van der Waals surface area contributed by atoms with Gasteiger partial charge in [0.1, 0.15) is 4.88 Å². The molecule has 9 heteroatoms. The number of benzene rings is 1. The van der Waals surface area contributed by atoms with Crippen LogP contribution in [-0.2, 0) is 0 Å². The lowest BCUT2D eigenvalue weighted by Gasteiger charge is -1.96. The summed E-state index contributed by atoms with van der Waals surface area (Å²) >= 11 is 8.46. The zero-order valence-electron chi connectivity index (χ0n) is 11.4. The molecule has 2 aromatic heterocycles. The summed E-state index contributed by atoms with van der Waals surface area (Å²) in [5.74, 6) is -0.418. The number of hydrogen-bond acceptors (Lipinski definition) is 6. The van der Waals surface area contributed by atoms with Crippen molar-refractivity contribution in [2.75, 3.05) is 0 Å². The Kier molecular flexibility index (Phi) is 4.37. The molecule has 6 nitrogen and oxygen atoms in total. The average molecular weight is 366 g/mol. The number of halogens is 1. The molecule has 1 N–H and O–H groups in total. The first-order chi connectivity index (χ1) is 11.1. The highest BCUT2D eigenvalue weighted by molar-refractivity contribution is 7.21. The minimum absolute atomic E-state index is 0.0188. The maximum atomic E-state index is 12.1. The Morgan fingerprint density at radius 2 is 2.04 bits per heavy atom. The largest absolute Gasteiger partial charge is 0.324 e. The van der Waals surface area contributed by atoms with Crippen molar-refractivity contribution in [3.05, 3.63) is 61.3 Å². The number of rotatable bonds is 4. The summed E-state index contributed by atoms with van der Waals surface area (Å²) in [4.78, 5) is 23.2. The predicted octanol–water partition coefficient (Wildman–Crippen LogP) is 4.29. The van der Waals surface area contributed by atoms with Crippen LogP contribution >= 0.6 is 34.3 Å². The Morgan fingerprint density at radius 3 is 2.74 bits per heavy atom. The second-order valence-electron chi connectivity index (χ2n) is 4.37. The molecule has 0 saturated heterocycles. The van der Waals surface area contributed by atoms with Crippen molar-refractivity contribution in [2.45, 2.75) is 0 Å². The standard InChI is InChI=1S/C14H8ClN3O3S2/c15-12-9-3-1-2-4-10(9)23-13(12)14(19)17-16-7-8-5-6-11(22-8)18(20)21/h1-7H,(H,17,19). The number of nitrogens with zero attached hydrogens (tertiary/aromatic N) is 2. The molecule has 0 radical (unpaired) electrons. The topological polar surface area (TPSA) is 84.6 Å². The molecule has 2 heterocycles. The third kappa shape index (κ3) is 3.24. The molecule has 0 aliphatic carbocycles. The van der Waals surface area contributed by atoms with Gasteiger partial charge in [0.05, 0.1) is 21.0 Å². The molecule has 0 spiro atoms. The molecule has 0 unspecified atom stereocenters. The third-order valence-corrected chi connectivity index (χ3v) is 5.54. The fourth-order valence-electron chi connectivity index (χ4n) is 1.88. The van der Waals surface area contributed by atoms with Gasteiger partial charge in [-0.1, -0.05) is 41.1 Å². The van der Waals surface area contributed by atoms with E-state index >= 15 is 0 Å². The van der Waals surface area contributed by atoms with Crippen LogP contribution in [0.25, 0.3) is 10.1 Å². The molecule has 0 aliphatic heterocycles. The summed E-state index contributed by atoms with van der Waals surface area (Å²) < 4.78 is 0.917. The lowest BCUT2D eigenvalue weighted by Crippen LogP contribution is -2.16. The SMILES string of the molecule is O=C(NN=Cc1ccc([N+](=O)[O-])s1)c1sc2ccccc2c1Cl. The van der Waals surface area contributed by atoms with E-state index in [-0.39, 0.29) is 5.00 Å². The van der Waals surface area contributed by atoms with Gasteiger partial charge in [-0.25, -0.2) is 5.43 Å². The van der Waals surface area contributed by atoms with Crippen molar-refractivity contribution < 1.29 is 9.72 Å². The maximum absolute atomic E-state index is 12.1. The summed E-state index contributed by atoms with van der Waals surface area (Å²) in [5, 5.41) is 15.6. The van der Waals surface area contributed by atoms with Gasteiger partial charge in [0.2, 0.25) is 0 Å². The van der Waals surface area contributed by atoms with Crippen LogP contribution in [-0.4, -0.2) is 17.0 Å². The van der Waals surface area contributed by atoms with Gasteiger partial charge in [0, 0.05) is 16.2 Å². The number of carbonyl (C=O) groups excluding carboxylic acids is 1. The fraction of sp³-hybridized carbons (Fsp3) is 0. The summed E-state index contributed by atoms with van der Waals surface area (Å²) in [7, 11) is 0. The first kappa shape index (κ1) is 15.6. The highest BCUT2D eigenvalue weighted by Crippen LogP contribution is 2.34. The molecule has 3 rings (SSSR count). The molecule has 23 heavy (non-hydrogen) atoms. The van der Waals surface area contributed by atoms with E-state index in [1.807, 2.05) is 24.3 Å². The Morgan fingerprint density at radius 1 is 1.26 bits per heavy atom.